The maximum atomic E-state index is 11.7. The maximum Gasteiger partial charge on any atom is 0.339 e. The molecule has 1 N–H and O–H groups in total. The van der Waals surface area contributed by atoms with Crippen LogP contribution in [-0.2, 0) is 9.59 Å². The fraction of sp³-hybridized carbons (Fsp3) is 0.273. The Balaban J connectivity index is 2.23. The largest absolute Gasteiger partial charge is 0.478 e. The van der Waals surface area contributed by atoms with Gasteiger partial charge in [-0.3, -0.25) is 14.4 Å². The second-order valence-corrected chi connectivity index (χ2v) is 6.47. The van der Waals surface area contributed by atoms with Crippen LogP contribution in [0.1, 0.15) is 60.2 Å². The Kier molecular flexibility index (Phi) is 8.56. The molecule has 0 bridgehead atoms. The quantitative estimate of drug-likeness (QED) is 0.244. The van der Waals surface area contributed by atoms with Crippen LogP contribution in [-0.4, -0.2) is 29.3 Å². The molecular formula is C22H22N2O7. The van der Waals surface area contributed by atoms with Crippen LogP contribution < -0.4 is 9.47 Å². The highest BCUT2D eigenvalue weighted by Crippen LogP contribution is 2.28. The van der Waals surface area contributed by atoms with Gasteiger partial charge < -0.3 is 14.6 Å². The number of hydrogen-bond acceptors (Lipinski definition) is 8. The van der Waals surface area contributed by atoms with Crippen molar-refractivity contribution >= 4 is 35.6 Å². The first kappa shape index (κ1) is 23.4. The number of rotatable bonds is 10. The average Bonchev–Trinajstić information content (AvgIpc) is 2.73. The molecule has 9 nitrogen and oxygen atoms in total. The van der Waals surface area contributed by atoms with E-state index in [4.69, 9.17) is 9.47 Å². The van der Waals surface area contributed by atoms with E-state index >= 15 is 0 Å². The van der Waals surface area contributed by atoms with Gasteiger partial charge >= 0.3 is 17.9 Å². The lowest BCUT2D eigenvalue weighted by molar-refractivity contribution is -0.135. The molecule has 0 aromatic heterocycles. The average molecular weight is 426 g/mol. The molecule has 31 heavy (non-hydrogen) atoms. The van der Waals surface area contributed by atoms with Gasteiger partial charge in [0.2, 0.25) is 0 Å². The molecular weight excluding hydrogens is 404 g/mol. The molecule has 0 radical (unpaired) electrons. The van der Waals surface area contributed by atoms with Crippen molar-refractivity contribution in [1.29, 1.82) is 0 Å². The molecule has 0 fully saturated rings. The Morgan fingerprint density at radius 1 is 0.871 bits per heavy atom. The fourth-order valence-corrected chi connectivity index (χ4v) is 2.49. The fourth-order valence-electron chi connectivity index (χ4n) is 2.49. The van der Waals surface area contributed by atoms with Crippen LogP contribution in [0, 0.1) is 0 Å². The topological polar surface area (TPSA) is 132 Å². The van der Waals surface area contributed by atoms with Crippen molar-refractivity contribution in [3.05, 3.63) is 47.5 Å². The van der Waals surface area contributed by atoms with E-state index in [1.807, 2.05) is 6.92 Å². The van der Waals surface area contributed by atoms with Gasteiger partial charge in [-0.15, -0.1) is 0 Å². The van der Waals surface area contributed by atoms with Crippen LogP contribution in [0.25, 0.3) is 0 Å². The SMILES string of the molecule is CCCC(=O)Oc1ccc(/N=N/c2ccc(OC(=O)CCC)c(C(=O)O)c2)cc1C=O. The van der Waals surface area contributed by atoms with Crippen LogP contribution in [0.2, 0.25) is 0 Å². The summed E-state index contributed by atoms with van der Waals surface area (Å²) in [4.78, 5) is 46.1. The predicted molar refractivity (Wildman–Crippen MR) is 110 cm³/mol. The summed E-state index contributed by atoms with van der Waals surface area (Å²) < 4.78 is 10.2. The van der Waals surface area contributed by atoms with Crippen LogP contribution in [0.3, 0.4) is 0 Å². The maximum absolute atomic E-state index is 11.7. The van der Waals surface area contributed by atoms with Crippen LogP contribution in [0.5, 0.6) is 11.5 Å². The Hall–Kier alpha value is -3.88. The summed E-state index contributed by atoms with van der Waals surface area (Å²) >= 11 is 0. The van der Waals surface area contributed by atoms with Crippen molar-refractivity contribution in [3.63, 3.8) is 0 Å². The molecule has 0 saturated heterocycles. The van der Waals surface area contributed by atoms with E-state index in [0.717, 1.165) is 0 Å². The minimum absolute atomic E-state index is 0.0774. The van der Waals surface area contributed by atoms with Crippen LogP contribution >= 0.6 is 0 Å². The number of benzene rings is 2. The van der Waals surface area contributed by atoms with Gasteiger partial charge in [-0.2, -0.15) is 10.2 Å². The third kappa shape index (κ3) is 6.84. The van der Waals surface area contributed by atoms with Crippen molar-refractivity contribution in [2.75, 3.05) is 0 Å². The summed E-state index contributed by atoms with van der Waals surface area (Å²) in [5.74, 6) is -2.20. The summed E-state index contributed by atoms with van der Waals surface area (Å²) in [5, 5.41) is 17.3. The van der Waals surface area contributed by atoms with Gasteiger partial charge in [0.1, 0.15) is 17.1 Å². The van der Waals surface area contributed by atoms with Gasteiger partial charge in [0, 0.05) is 12.8 Å². The zero-order chi connectivity index (χ0) is 22.8. The first-order valence-corrected chi connectivity index (χ1v) is 9.67. The molecule has 2 aromatic rings. The zero-order valence-corrected chi connectivity index (χ0v) is 17.2. The van der Waals surface area contributed by atoms with Gasteiger partial charge in [0.25, 0.3) is 0 Å². The number of esters is 2. The lowest BCUT2D eigenvalue weighted by atomic mass is 10.2. The van der Waals surface area contributed by atoms with Gasteiger partial charge in [-0.1, -0.05) is 13.8 Å². The van der Waals surface area contributed by atoms with Crippen molar-refractivity contribution < 1.29 is 33.8 Å². The molecule has 0 atom stereocenters. The highest BCUT2D eigenvalue weighted by Gasteiger charge is 2.15. The van der Waals surface area contributed by atoms with E-state index < -0.39 is 17.9 Å². The number of aromatic carboxylic acids is 1. The molecule has 0 spiro atoms. The second kappa shape index (κ2) is 11.3. The lowest BCUT2D eigenvalue weighted by Gasteiger charge is -2.08. The number of azo groups is 1. The number of ether oxygens (including phenoxy) is 2. The van der Waals surface area contributed by atoms with E-state index in [0.29, 0.717) is 24.8 Å². The van der Waals surface area contributed by atoms with E-state index in [1.54, 1.807) is 6.92 Å². The number of hydrogen-bond donors (Lipinski definition) is 1. The Bertz CT molecular complexity index is 1010. The van der Waals surface area contributed by atoms with Crippen molar-refractivity contribution in [3.8, 4) is 11.5 Å². The number of carbonyl (C=O) groups excluding carboxylic acids is 3. The molecule has 0 saturated carbocycles. The lowest BCUT2D eigenvalue weighted by Crippen LogP contribution is -2.10. The normalized spacial score (nSPS) is 10.6. The Morgan fingerprint density at radius 2 is 1.39 bits per heavy atom. The van der Waals surface area contributed by atoms with E-state index in [2.05, 4.69) is 10.2 Å². The summed E-state index contributed by atoms with van der Waals surface area (Å²) in [5.41, 5.74) is 0.407. The zero-order valence-electron chi connectivity index (χ0n) is 17.2. The summed E-state index contributed by atoms with van der Waals surface area (Å²) in [6, 6.07) is 8.34. The van der Waals surface area contributed by atoms with E-state index in [9.17, 15) is 24.3 Å². The molecule has 2 aromatic carbocycles. The summed E-state index contributed by atoms with van der Waals surface area (Å²) in [6.45, 7) is 3.64. The third-order valence-electron chi connectivity index (χ3n) is 3.95. The summed E-state index contributed by atoms with van der Waals surface area (Å²) in [6.07, 6.45) is 2.14. The van der Waals surface area contributed by atoms with E-state index in [-0.39, 0.29) is 41.2 Å². The minimum atomic E-state index is -1.28. The van der Waals surface area contributed by atoms with Crippen LogP contribution in [0.15, 0.2) is 46.6 Å². The Morgan fingerprint density at radius 3 is 1.90 bits per heavy atom. The van der Waals surface area contributed by atoms with Gasteiger partial charge in [-0.25, -0.2) is 4.79 Å². The first-order valence-electron chi connectivity index (χ1n) is 9.67. The molecule has 162 valence electrons. The molecule has 2 rings (SSSR count). The molecule has 9 heteroatoms. The molecule has 0 aliphatic rings. The molecule has 0 aliphatic heterocycles. The molecule has 0 heterocycles. The molecule has 0 amide bonds. The number of aldehydes is 1. The minimum Gasteiger partial charge on any atom is -0.478 e. The number of carbonyl (C=O) groups is 4. The predicted octanol–water partition coefficient (Wildman–Crippen LogP) is 5.02. The third-order valence-corrected chi connectivity index (χ3v) is 3.95. The number of carboxylic acids is 1. The van der Waals surface area contributed by atoms with Crippen molar-refractivity contribution in [1.82, 2.24) is 0 Å². The number of nitrogens with zero attached hydrogens (tertiary/aromatic N) is 2. The van der Waals surface area contributed by atoms with Crippen LogP contribution in [0.4, 0.5) is 11.4 Å². The van der Waals surface area contributed by atoms with Crippen molar-refractivity contribution in [2.24, 2.45) is 10.2 Å². The first-order chi connectivity index (χ1) is 14.9. The second-order valence-electron chi connectivity index (χ2n) is 6.47. The molecule has 0 aliphatic carbocycles. The highest BCUT2D eigenvalue weighted by molar-refractivity contribution is 5.93. The van der Waals surface area contributed by atoms with Gasteiger partial charge in [0.15, 0.2) is 6.29 Å². The highest BCUT2D eigenvalue weighted by atomic mass is 16.5. The Labute approximate surface area is 178 Å². The monoisotopic (exact) mass is 426 g/mol. The van der Waals surface area contributed by atoms with Gasteiger partial charge in [0.05, 0.1) is 16.9 Å². The van der Waals surface area contributed by atoms with Crippen molar-refractivity contribution in [2.45, 2.75) is 39.5 Å². The smallest absolute Gasteiger partial charge is 0.339 e. The number of carboxylic acid groups (broad SMARTS) is 1. The molecule has 0 unspecified atom stereocenters. The van der Waals surface area contributed by atoms with Gasteiger partial charge in [-0.05, 0) is 49.2 Å². The summed E-state index contributed by atoms with van der Waals surface area (Å²) in [7, 11) is 0. The standard InChI is InChI=1S/C22H22N2O7/c1-3-5-20(26)30-18-9-7-15(11-14(18)13-25)23-24-16-8-10-19(17(12-16)22(28)29)31-21(27)6-4-2/h7-13H,3-6H2,1-2H3,(H,28,29)/b24-23+. The van der Waals surface area contributed by atoms with E-state index in [1.165, 1.54) is 36.4 Å².